The van der Waals surface area contributed by atoms with Gasteiger partial charge in [-0.25, -0.2) is 0 Å². The molecule has 0 aromatic carbocycles. The van der Waals surface area contributed by atoms with Crippen molar-refractivity contribution >= 4 is 0 Å². The van der Waals surface area contributed by atoms with E-state index in [0.29, 0.717) is 16.9 Å². The Morgan fingerprint density at radius 1 is 1.00 bits per heavy atom. The van der Waals surface area contributed by atoms with Crippen molar-refractivity contribution in [2.45, 2.75) is 78.2 Å². The summed E-state index contributed by atoms with van der Waals surface area (Å²) in [5.41, 5.74) is 0.753. The van der Waals surface area contributed by atoms with E-state index in [4.69, 9.17) is 9.47 Å². The Balaban J connectivity index is 1.97. The van der Waals surface area contributed by atoms with Crippen molar-refractivity contribution in [2.24, 2.45) is 22.7 Å². The first-order chi connectivity index (χ1) is 10.00. The minimum atomic E-state index is 0.363. The second-order valence-electron chi connectivity index (χ2n) is 8.15. The molecule has 0 saturated heterocycles. The van der Waals surface area contributed by atoms with Gasteiger partial charge < -0.3 is 9.47 Å². The molecule has 3 unspecified atom stereocenters. The van der Waals surface area contributed by atoms with E-state index < -0.39 is 0 Å². The van der Waals surface area contributed by atoms with Gasteiger partial charge in [0.1, 0.15) is 0 Å². The third-order valence-electron chi connectivity index (χ3n) is 6.33. The van der Waals surface area contributed by atoms with Crippen LogP contribution < -0.4 is 0 Å². The normalized spacial score (nSPS) is 26.1. The van der Waals surface area contributed by atoms with Crippen molar-refractivity contribution in [3.63, 3.8) is 0 Å². The number of ether oxygens (including phenoxy) is 2. The molecule has 2 nitrogen and oxygen atoms in total. The number of rotatable bonds is 11. The third kappa shape index (κ3) is 4.01. The van der Waals surface area contributed by atoms with Gasteiger partial charge in [0, 0.05) is 14.2 Å². The van der Waals surface area contributed by atoms with E-state index in [0.717, 1.165) is 18.4 Å². The van der Waals surface area contributed by atoms with Gasteiger partial charge >= 0.3 is 0 Å². The summed E-state index contributed by atoms with van der Waals surface area (Å²) in [5.74, 6) is 1.78. The molecular formula is C19H36O2. The maximum absolute atomic E-state index is 6.00. The minimum Gasteiger partial charge on any atom is -0.384 e. The molecule has 124 valence electrons. The molecule has 0 aliphatic heterocycles. The van der Waals surface area contributed by atoms with Crippen molar-refractivity contribution in [1.82, 2.24) is 0 Å². The molecule has 0 heterocycles. The van der Waals surface area contributed by atoms with E-state index in [1.54, 1.807) is 0 Å². The van der Waals surface area contributed by atoms with Crippen LogP contribution in [0.4, 0.5) is 0 Å². The summed E-state index contributed by atoms with van der Waals surface area (Å²) in [6, 6.07) is 0. The lowest BCUT2D eigenvalue weighted by molar-refractivity contribution is -0.0405. The topological polar surface area (TPSA) is 18.5 Å². The smallest absolute Gasteiger partial charge is 0.0627 e. The first kappa shape index (κ1) is 17.3. The molecular weight excluding hydrogens is 260 g/mol. The Morgan fingerprint density at radius 3 is 2.05 bits per heavy atom. The fourth-order valence-electron chi connectivity index (χ4n) is 4.59. The number of methoxy groups -OCH3 is 2. The van der Waals surface area contributed by atoms with Crippen molar-refractivity contribution in [2.75, 3.05) is 20.8 Å². The van der Waals surface area contributed by atoms with Crippen molar-refractivity contribution < 1.29 is 9.47 Å². The van der Waals surface area contributed by atoms with E-state index in [9.17, 15) is 0 Å². The van der Waals surface area contributed by atoms with Crippen LogP contribution >= 0.6 is 0 Å². The molecule has 3 atom stereocenters. The predicted octanol–water partition coefficient (Wildman–Crippen LogP) is 5.06. The van der Waals surface area contributed by atoms with Gasteiger partial charge in [0.15, 0.2) is 0 Å². The zero-order chi connectivity index (χ0) is 15.5. The van der Waals surface area contributed by atoms with Crippen LogP contribution in [0.15, 0.2) is 0 Å². The molecule has 2 rings (SSSR count). The molecule has 0 radical (unpaired) electrons. The summed E-state index contributed by atoms with van der Waals surface area (Å²) in [5, 5.41) is 0. The van der Waals surface area contributed by atoms with Crippen LogP contribution in [0.3, 0.4) is 0 Å². The second kappa shape index (κ2) is 7.00. The summed E-state index contributed by atoms with van der Waals surface area (Å²) in [6.45, 7) is 8.12. The average Bonchev–Trinajstić information content (AvgIpc) is 3.32. The fraction of sp³-hybridized carbons (Fsp3) is 1.00. The molecule has 0 bridgehead atoms. The van der Waals surface area contributed by atoms with Crippen LogP contribution in [-0.2, 0) is 9.47 Å². The largest absolute Gasteiger partial charge is 0.384 e. The van der Waals surface area contributed by atoms with Gasteiger partial charge in [-0.2, -0.15) is 0 Å². The van der Waals surface area contributed by atoms with E-state index in [1.807, 2.05) is 14.2 Å². The maximum atomic E-state index is 6.00. The van der Waals surface area contributed by atoms with E-state index in [2.05, 4.69) is 20.8 Å². The monoisotopic (exact) mass is 296 g/mol. The summed E-state index contributed by atoms with van der Waals surface area (Å²) in [7, 11) is 3.77. The Hall–Kier alpha value is -0.0800. The summed E-state index contributed by atoms with van der Waals surface area (Å²) in [6.07, 6.45) is 11.0. The van der Waals surface area contributed by atoms with Gasteiger partial charge in [0.2, 0.25) is 0 Å². The van der Waals surface area contributed by atoms with Crippen molar-refractivity contribution in [3.8, 4) is 0 Å². The maximum Gasteiger partial charge on any atom is 0.0627 e. The van der Waals surface area contributed by atoms with Crippen LogP contribution in [0.1, 0.15) is 72.1 Å². The molecule has 2 aliphatic carbocycles. The Morgan fingerprint density at radius 2 is 1.62 bits per heavy atom. The highest BCUT2D eigenvalue weighted by Gasteiger charge is 2.48. The van der Waals surface area contributed by atoms with Gasteiger partial charge in [0.25, 0.3) is 0 Å². The van der Waals surface area contributed by atoms with Gasteiger partial charge in [-0.3, -0.25) is 0 Å². The zero-order valence-electron chi connectivity index (χ0n) is 14.9. The van der Waals surface area contributed by atoms with Gasteiger partial charge in [0.05, 0.1) is 12.7 Å². The lowest BCUT2D eigenvalue weighted by Gasteiger charge is -2.39. The first-order valence-electron chi connectivity index (χ1n) is 9.02. The molecule has 0 aromatic heterocycles. The van der Waals surface area contributed by atoms with Crippen LogP contribution in [0.5, 0.6) is 0 Å². The van der Waals surface area contributed by atoms with Crippen molar-refractivity contribution in [1.29, 1.82) is 0 Å². The van der Waals surface area contributed by atoms with Crippen LogP contribution in [0.25, 0.3) is 0 Å². The second-order valence-corrected chi connectivity index (χ2v) is 8.15. The zero-order valence-corrected chi connectivity index (χ0v) is 14.9. The highest BCUT2D eigenvalue weighted by atomic mass is 16.5. The van der Waals surface area contributed by atoms with Crippen LogP contribution in [0.2, 0.25) is 0 Å². The van der Waals surface area contributed by atoms with E-state index in [-0.39, 0.29) is 0 Å². The van der Waals surface area contributed by atoms with Gasteiger partial charge in [-0.05, 0) is 67.6 Å². The lowest BCUT2D eigenvalue weighted by atomic mass is 9.71. The molecule has 0 aromatic rings. The van der Waals surface area contributed by atoms with Crippen molar-refractivity contribution in [3.05, 3.63) is 0 Å². The van der Waals surface area contributed by atoms with Crippen LogP contribution in [-0.4, -0.2) is 26.9 Å². The number of hydrogen-bond donors (Lipinski definition) is 0. The Kier molecular flexibility index (Phi) is 5.76. The van der Waals surface area contributed by atoms with Gasteiger partial charge in [-0.15, -0.1) is 0 Å². The van der Waals surface area contributed by atoms with Crippen LogP contribution in [0, 0.1) is 22.7 Å². The average molecular weight is 296 g/mol. The third-order valence-corrected chi connectivity index (χ3v) is 6.33. The highest BCUT2D eigenvalue weighted by Crippen LogP contribution is 2.54. The fourth-order valence-corrected chi connectivity index (χ4v) is 4.59. The Bertz CT molecular complexity index is 322. The lowest BCUT2D eigenvalue weighted by Crippen LogP contribution is -2.38. The molecule has 0 amide bonds. The summed E-state index contributed by atoms with van der Waals surface area (Å²) in [4.78, 5) is 0. The minimum absolute atomic E-state index is 0.363. The van der Waals surface area contributed by atoms with E-state index >= 15 is 0 Å². The molecule has 2 saturated carbocycles. The summed E-state index contributed by atoms with van der Waals surface area (Å²) >= 11 is 0. The molecule has 2 aliphatic rings. The number of hydrogen-bond acceptors (Lipinski definition) is 2. The standard InChI is InChI=1S/C19H36O2/c1-6-12-19(3,16-9-10-16)17(21-5)11-13-18(2,14-20-4)15-7-8-15/h15-17H,6-14H2,1-5H3. The predicted molar refractivity (Wildman–Crippen MR) is 88.5 cm³/mol. The molecule has 0 N–H and O–H groups in total. The quantitative estimate of drug-likeness (QED) is 0.530. The van der Waals surface area contributed by atoms with E-state index in [1.165, 1.54) is 51.4 Å². The highest BCUT2D eigenvalue weighted by molar-refractivity contribution is 4.98. The Labute approximate surface area is 132 Å². The summed E-state index contributed by atoms with van der Waals surface area (Å²) < 4.78 is 11.5. The molecule has 2 heteroatoms. The molecule has 2 fully saturated rings. The first-order valence-corrected chi connectivity index (χ1v) is 9.02. The van der Waals surface area contributed by atoms with Gasteiger partial charge in [-0.1, -0.05) is 27.2 Å². The molecule has 21 heavy (non-hydrogen) atoms. The molecule has 0 spiro atoms. The SMILES string of the molecule is CCCC(C)(C1CC1)C(CCC(C)(COC)C1CC1)OC.